The smallest absolute Gasteiger partial charge is 0.250 e. The topological polar surface area (TPSA) is 51.1 Å². The van der Waals surface area contributed by atoms with Crippen molar-refractivity contribution in [3.63, 3.8) is 0 Å². The fourth-order valence-electron chi connectivity index (χ4n) is 3.09. The van der Waals surface area contributed by atoms with Gasteiger partial charge in [-0.05, 0) is 29.3 Å². The number of amides is 1. The molecule has 30 heavy (non-hydrogen) atoms. The lowest BCUT2D eigenvalue weighted by molar-refractivity contribution is -0.116. The standard InChI is InChI=1S/C24H19ClN2O2S/c25-24-19-5-1-2-6-20(19)30-21(24)12-13-22(28)26-15-17-8-10-18(11-9-17)16-27-14-4-3-7-23(27)29/h1-14H,15-16H2,(H,26,28). The van der Waals surface area contributed by atoms with Crippen LogP contribution in [0.15, 0.2) is 83.8 Å². The molecule has 0 fully saturated rings. The lowest BCUT2D eigenvalue weighted by atomic mass is 10.1. The Bertz CT molecular complexity index is 1270. The van der Waals surface area contributed by atoms with Gasteiger partial charge in [-0.2, -0.15) is 0 Å². The summed E-state index contributed by atoms with van der Waals surface area (Å²) >= 11 is 7.96. The molecule has 2 aromatic carbocycles. The predicted molar refractivity (Wildman–Crippen MR) is 124 cm³/mol. The Kier molecular flexibility index (Phi) is 6.12. The Labute approximate surface area is 183 Å². The quantitative estimate of drug-likeness (QED) is 0.429. The molecule has 4 rings (SSSR count). The molecular formula is C24H19ClN2O2S. The number of hydrogen-bond donors (Lipinski definition) is 1. The van der Waals surface area contributed by atoms with Gasteiger partial charge in [-0.15, -0.1) is 11.3 Å². The van der Waals surface area contributed by atoms with Crippen molar-refractivity contribution >= 4 is 45.0 Å². The molecule has 0 bridgehead atoms. The number of halogens is 1. The molecule has 150 valence electrons. The van der Waals surface area contributed by atoms with Crippen LogP contribution in [0, 0.1) is 0 Å². The van der Waals surface area contributed by atoms with E-state index in [1.165, 1.54) is 6.08 Å². The average molecular weight is 435 g/mol. The second-order valence-electron chi connectivity index (χ2n) is 6.81. The lowest BCUT2D eigenvalue weighted by Crippen LogP contribution is -2.20. The highest BCUT2D eigenvalue weighted by Gasteiger charge is 2.07. The molecule has 0 saturated heterocycles. The minimum Gasteiger partial charge on any atom is -0.348 e. The van der Waals surface area contributed by atoms with Gasteiger partial charge in [0.25, 0.3) is 5.56 Å². The van der Waals surface area contributed by atoms with Crippen molar-refractivity contribution in [3.8, 4) is 0 Å². The van der Waals surface area contributed by atoms with Gasteiger partial charge in [-0.25, -0.2) is 0 Å². The van der Waals surface area contributed by atoms with E-state index in [2.05, 4.69) is 5.32 Å². The summed E-state index contributed by atoms with van der Waals surface area (Å²) in [7, 11) is 0. The van der Waals surface area contributed by atoms with Gasteiger partial charge >= 0.3 is 0 Å². The van der Waals surface area contributed by atoms with Crippen LogP contribution in [0.1, 0.15) is 16.0 Å². The number of aromatic nitrogens is 1. The molecule has 2 heterocycles. The molecule has 4 nitrogen and oxygen atoms in total. The summed E-state index contributed by atoms with van der Waals surface area (Å²) in [6.45, 7) is 0.944. The second kappa shape index (κ2) is 9.11. The maximum Gasteiger partial charge on any atom is 0.250 e. The maximum atomic E-state index is 12.2. The minimum absolute atomic E-state index is 0.0284. The van der Waals surface area contributed by atoms with Crippen LogP contribution in [-0.2, 0) is 17.9 Å². The van der Waals surface area contributed by atoms with Crippen molar-refractivity contribution in [1.82, 2.24) is 9.88 Å². The first-order valence-electron chi connectivity index (χ1n) is 9.46. The number of pyridine rings is 1. The van der Waals surface area contributed by atoms with Crippen LogP contribution < -0.4 is 10.9 Å². The number of nitrogens with zero attached hydrogens (tertiary/aromatic N) is 1. The molecule has 0 unspecified atom stereocenters. The van der Waals surface area contributed by atoms with E-state index in [1.807, 2.05) is 54.6 Å². The zero-order valence-electron chi connectivity index (χ0n) is 16.0. The summed E-state index contributed by atoms with van der Waals surface area (Å²) in [6.07, 6.45) is 5.03. The number of hydrogen-bond acceptors (Lipinski definition) is 3. The predicted octanol–water partition coefficient (Wildman–Crippen LogP) is 5.09. The van der Waals surface area contributed by atoms with E-state index in [9.17, 15) is 9.59 Å². The monoisotopic (exact) mass is 434 g/mol. The van der Waals surface area contributed by atoms with Crippen molar-refractivity contribution in [3.05, 3.63) is 110 Å². The fourth-order valence-corrected chi connectivity index (χ4v) is 4.49. The van der Waals surface area contributed by atoms with Gasteiger partial charge in [0.15, 0.2) is 0 Å². The molecule has 6 heteroatoms. The highest BCUT2D eigenvalue weighted by molar-refractivity contribution is 7.20. The Hall–Kier alpha value is -3.15. The summed E-state index contributed by atoms with van der Waals surface area (Å²) in [5, 5.41) is 4.56. The van der Waals surface area contributed by atoms with Gasteiger partial charge in [0.2, 0.25) is 5.91 Å². The van der Waals surface area contributed by atoms with Gasteiger partial charge in [0.05, 0.1) is 11.6 Å². The molecule has 4 aromatic rings. The van der Waals surface area contributed by atoms with Crippen LogP contribution in [0.4, 0.5) is 0 Å². The van der Waals surface area contributed by atoms with Crippen LogP contribution in [-0.4, -0.2) is 10.5 Å². The van der Waals surface area contributed by atoms with Crippen molar-refractivity contribution in [2.45, 2.75) is 13.1 Å². The lowest BCUT2D eigenvalue weighted by Gasteiger charge is -2.07. The van der Waals surface area contributed by atoms with E-state index in [-0.39, 0.29) is 11.5 Å². The van der Waals surface area contributed by atoms with Gasteiger partial charge < -0.3 is 9.88 Å². The van der Waals surface area contributed by atoms with Gasteiger partial charge in [-0.3, -0.25) is 9.59 Å². The summed E-state index contributed by atoms with van der Waals surface area (Å²) in [5.74, 6) is -0.177. The van der Waals surface area contributed by atoms with Crippen molar-refractivity contribution in [2.24, 2.45) is 0 Å². The van der Waals surface area contributed by atoms with Crippen LogP contribution in [0.2, 0.25) is 5.02 Å². The Balaban J connectivity index is 1.34. The van der Waals surface area contributed by atoms with Gasteiger partial charge in [0.1, 0.15) is 0 Å². The molecule has 0 aliphatic carbocycles. The first-order chi connectivity index (χ1) is 14.6. The van der Waals surface area contributed by atoms with Crippen LogP contribution >= 0.6 is 22.9 Å². The number of nitrogens with one attached hydrogen (secondary N) is 1. The molecule has 1 amide bonds. The Morgan fingerprint density at radius 2 is 1.73 bits per heavy atom. The first kappa shape index (κ1) is 20.1. The van der Waals surface area contributed by atoms with Gasteiger partial charge in [0, 0.05) is 39.8 Å². The molecular weight excluding hydrogens is 416 g/mol. The molecule has 0 spiro atoms. The molecule has 0 atom stereocenters. The summed E-state index contributed by atoms with van der Waals surface area (Å²) in [6, 6.07) is 20.9. The second-order valence-corrected chi connectivity index (χ2v) is 8.27. The first-order valence-corrected chi connectivity index (χ1v) is 10.7. The fraction of sp³-hybridized carbons (Fsp3) is 0.0833. The van der Waals surface area contributed by atoms with Gasteiger partial charge in [-0.1, -0.05) is 60.1 Å². The number of fused-ring (bicyclic) bond motifs is 1. The van der Waals surface area contributed by atoms with Crippen LogP contribution in [0.5, 0.6) is 0 Å². The van der Waals surface area contributed by atoms with Crippen LogP contribution in [0.3, 0.4) is 0 Å². The van der Waals surface area contributed by atoms with Crippen molar-refractivity contribution in [2.75, 3.05) is 0 Å². The van der Waals surface area contributed by atoms with E-state index in [0.717, 1.165) is 26.1 Å². The van der Waals surface area contributed by atoms with E-state index in [4.69, 9.17) is 11.6 Å². The molecule has 2 aromatic heterocycles. The average Bonchev–Trinajstić information content (AvgIpc) is 3.09. The zero-order chi connectivity index (χ0) is 20.9. The number of rotatable bonds is 6. The highest BCUT2D eigenvalue weighted by atomic mass is 35.5. The van der Waals surface area contributed by atoms with Crippen molar-refractivity contribution < 1.29 is 4.79 Å². The molecule has 0 aliphatic rings. The number of carbonyl (C=O) groups excluding carboxylic acids is 1. The Morgan fingerprint density at radius 3 is 2.50 bits per heavy atom. The maximum absolute atomic E-state index is 12.2. The van der Waals surface area contributed by atoms with Crippen LogP contribution in [0.25, 0.3) is 16.2 Å². The van der Waals surface area contributed by atoms with E-state index in [1.54, 1.807) is 40.3 Å². The molecule has 0 aliphatic heterocycles. The SMILES string of the molecule is O=C(C=Cc1sc2ccccc2c1Cl)NCc1ccc(Cn2ccccc2=O)cc1. The third-order valence-corrected chi connectivity index (χ3v) is 6.34. The number of benzene rings is 2. The van der Waals surface area contributed by atoms with E-state index in [0.29, 0.717) is 18.1 Å². The number of carbonyl (C=O) groups is 1. The zero-order valence-corrected chi connectivity index (χ0v) is 17.6. The molecule has 0 saturated carbocycles. The van der Waals surface area contributed by atoms with E-state index >= 15 is 0 Å². The minimum atomic E-state index is -0.177. The largest absolute Gasteiger partial charge is 0.348 e. The third-order valence-electron chi connectivity index (χ3n) is 4.69. The normalized spacial score (nSPS) is 11.2. The summed E-state index contributed by atoms with van der Waals surface area (Å²) < 4.78 is 2.75. The summed E-state index contributed by atoms with van der Waals surface area (Å²) in [5.41, 5.74) is 1.98. The number of thiophene rings is 1. The van der Waals surface area contributed by atoms with Crippen molar-refractivity contribution in [1.29, 1.82) is 0 Å². The molecule has 0 radical (unpaired) electrons. The highest BCUT2D eigenvalue weighted by Crippen LogP contribution is 2.35. The molecule has 1 N–H and O–H groups in total. The third kappa shape index (κ3) is 4.70. The Morgan fingerprint density at radius 1 is 1.00 bits per heavy atom. The van der Waals surface area contributed by atoms with E-state index < -0.39 is 0 Å². The summed E-state index contributed by atoms with van der Waals surface area (Å²) in [4.78, 5) is 24.9.